The van der Waals surface area contributed by atoms with Gasteiger partial charge in [-0.3, -0.25) is 4.79 Å². The molecule has 4 aliphatic rings. The largest absolute Gasteiger partial charge is 0.319 e. The number of allylic oxidation sites excluding steroid dienone is 2. The van der Waals surface area contributed by atoms with Crippen LogP contribution < -0.4 is 0 Å². The number of carbonyl (C=O) groups is 1. The number of rotatable bonds is 5. The van der Waals surface area contributed by atoms with Crippen LogP contribution in [0.15, 0.2) is 11.8 Å². The average Bonchev–Trinajstić information content (AvgIpc) is 3.03. The number of piperidine rings is 1. The highest BCUT2D eigenvalue weighted by atomic mass is 16.2. The number of amides is 1. The zero-order valence-electron chi connectivity index (χ0n) is 20.8. The van der Waals surface area contributed by atoms with Crippen LogP contribution in [-0.4, -0.2) is 17.9 Å². The molecule has 4 rings (SSSR count). The van der Waals surface area contributed by atoms with Crippen molar-refractivity contribution in [2.75, 3.05) is 7.05 Å². The molecule has 0 aromatic carbocycles. The molecule has 3 aliphatic carbocycles. The van der Waals surface area contributed by atoms with Crippen LogP contribution in [0, 0.1) is 52.3 Å². The molecule has 0 N–H and O–H groups in total. The Balaban J connectivity index is 1.57. The van der Waals surface area contributed by atoms with E-state index < -0.39 is 0 Å². The third-order valence-corrected chi connectivity index (χ3v) is 10.6. The Morgan fingerprint density at radius 2 is 1.80 bits per heavy atom. The van der Waals surface area contributed by atoms with Crippen LogP contribution in [0.25, 0.3) is 0 Å². The molecule has 1 amide bonds. The van der Waals surface area contributed by atoms with Crippen LogP contribution in [0.2, 0.25) is 0 Å². The summed E-state index contributed by atoms with van der Waals surface area (Å²) >= 11 is 0. The molecule has 8 atom stereocenters. The lowest BCUT2D eigenvalue weighted by atomic mass is 9.46. The van der Waals surface area contributed by atoms with Crippen molar-refractivity contribution in [3.8, 4) is 0 Å². The second-order valence-electron chi connectivity index (χ2n) is 12.6. The van der Waals surface area contributed by atoms with Gasteiger partial charge in [0.15, 0.2) is 0 Å². The van der Waals surface area contributed by atoms with E-state index in [2.05, 4.69) is 47.6 Å². The predicted octanol–water partition coefficient (Wildman–Crippen LogP) is 7.30. The molecule has 1 saturated heterocycles. The smallest absolute Gasteiger partial charge is 0.226 e. The van der Waals surface area contributed by atoms with Crippen molar-refractivity contribution in [2.24, 2.45) is 52.3 Å². The van der Waals surface area contributed by atoms with Crippen molar-refractivity contribution in [2.45, 2.75) is 99.3 Å². The summed E-state index contributed by atoms with van der Waals surface area (Å²) in [5.41, 5.74) is 2.10. The minimum Gasteiger partial charge on any atom is -0.319 e. The number of hydrogen-bond donors (Lipinski definition) is 0. The molecule has 6 unspecified atom stereocenters. The third-order valence-electron chi connectivity index (χ3n) is 10.6. The van der Waals surface area contributed by atoms with Gasteiger partial charge in [-0.05, 0) is 78.9 Å². The summed E-state index contributed by atoms with van der Waals surface area (Å²) in [6.07, 6.45) is 14.2. The number of fused-ring (bicyclic) bond motifs is 5. The summed E-state index contributed by atoms with van der Waals surface area (Å²) in [7, 11) is 2.02. The summed E-state index contributed by atoms with van der Waals surface area (Å²) in [5, 5.41) is 0. The Kier molecular flexibility index (Phi) is 5.95. The summed E-state index contributed by atoms with van der Waals surface area (Å²) in [5.74, 6) is 5.99. The quantitative estimate of drug-likeness (QED) is 0.463. The summed E-state index contributed by atoms with van der Waals surface area (Å²) in [4.78, 5) is 14.4. The molecule has 1 aliphatic heterocycles. The zero-order valence-corrected chi connectivity index (χ0v) is 20.8. The SMILES string of the molecule is CC(C)CCCC(C)C1CCC2C3C(C)C=C4N(C)C(=O)CC[C@]4(C)C3CC[C@]12C. The first-order valence-corrected chi connectivity index (χ1v) is 13.1. The molecule has 170 valence electrons. The fourth-order valence-corrected chi connectivity index (χ4v) is 8.91. The second kappa shape index (κ2) is 7.96. The second-order valence-corrected chi connectivity index (χ2v) is 12.6. The van der Waals surface area contributed by atoms with Gasteiger partial charge in [0.2, 0.25) is 5.91 Å². The van der Waals surface area contributed by atoms with Crippen LogP contribution in [0.4, 0.5) is 0 Å². The third kappa shape index (κ3) is 3.39. The molecule has 2 saturated carbocycles. The Morgan fingerprint density at radius 1 is 1.07 bits per heavy atom. The van der Waals surface area contributed by atoms with Gasteiger partial charge in [-0.25, -0.2) is 0 Å². The van der Waals surface area contributed by atoms with Crippen molar-refractivity contribution in [1.29, 1.82) is 0 Å². The summed E-state index contributed by atoms with van der Waals surface area (Å²) < 4.78 is 0. The highest BCUT2D eigenvalue weighted by Gasteiger charge is 2.61. The fraction of sp³-hybridized carbons (Fsp3) is 0.893. The average molecular weight is 414 g/mol. The summed E-state index contributed by atoms with van der Waals surface area (Å²) in [6.45, 7) is 14.9. The van der Waals surface area contributed by atoms with E-state index in [4.69, 9.17) is 0 Å². The van der Waals surface area contributed by atoms with E-state index in [9.17, 15) is 4.79 Å². The van der Waals surface area contributed by atoms with Gasteiger partial charge < -0.3 is 4.90 Å². The molecule has 1 heterocycles. The molecule has 2 nitrogen and oxygen atoms in total. The molecule has 2 heteroatoms. The van der Waals surface area contributed by atoms with Crippen LogP contribution in [0.3, 0.4) is 0 Å². The van der Waals surface area contributed by atoms with Gasteiger partial charge >= 0.3 is 0 Å². The molecular weight excluding hydrogens is 366 g/mol. The predicted molar refractivity (Wildman–Crippen MR) is 126 cm³/mol. The molecular formula is C28H47NO. The number of likely N-dealkylation sites (tertiary alicyclic amines) is 1. The van der Waals surface area contributed by atoms with E-state index in [0.717, 1.165) is 48.3 Å². The van der Waals surface area contributed by atoms with Gasteiger partial charge in [0.1, 0.15) is 0 Å². The Bertz CT molecular complexity index is 695. The lowest BCUT2D eigenvalue weighted by Crippen LogP contribution is -2.55. The van der Waals surface area contributed by atoms with Gasteiger partial charge in [-0.1, -0.05) is 66.9 Å². The molecule has 30 heavy (non-hydrogen) atoms. The molecule has 3 fully saturated rings. The maximum atomic E-state index is 12.4. The van der Waals surface area contributed by atoms with E-state index in [1.807, 2.05) is 11.9 Å². The van der Waals surface area contributed by atoms with E-state index in [-0.39, 0.29) is 5.41 Å². The van der Waals surface area contributed by atoms with E-state index >= 15 is 0 Å². The Hall–Kier alpha value is -0.790. The van der Waals surface area contributed by atoms with E-state index in [0.29, 0.717) is 17.2 Å². The minimum atomic E-state index is 0.210. The molecule has 0 bridgehead atoms. The van der Waals surface area contributed by atoms with Gasteiger partial charge in [-0.2, -0.15) is 0 Å². The van der Waals surface area contributed by atoms with Crippen LogP contribution in [0.5, 0.6) is 0 Å². The Labute approximate surface area is 186 Å². The minimum absolute atomic E-state index is 0.210. The van der Waals surface area contributed by atoms with Crippen molar-refractivity contribution in [1.82, 2.24) is 4.90 Å². The molecule has 0 aromatic heterocycles. The Morgan fingerprint density at radius 3 is 2.50 bits per heavy atom. The molecule has 0 spiro atoms. The normalized spacial score (nSPS) is 44.4. The maximum absolute atomic E-state index is 12.4. The number of carbonyl (C=O) groups excluding carboxylic acids is 1. The van der Waals surface area contributed by atoms with E-state index in [1.54, 1.807) is 0 Å². The highest BCUT2D eigenvalue weighted by molar-refractivity contribution is 5.79. The highest BCUT2D eigenvalue weighted by Crippen LogP contribution is 2.68. The number of hydrogen-bond acceptors (Lipinski definition) is 1. The van der Waals surface area contributed by atoms with Crippen LogP contribution in [0.1, 0.15) is 99.3 Å². The summed E-state index contributed by atoms with van der Waals surface area (Å²) in [6, 6.07) is 0. The maximum Gasteiger partial charge on any atom is 0.226 e. The fourth-order valence-electron chi connectivity index (χ4n) is 8.91. The van der Waals surface area contributed by atoms with Gasteiger partial charge in [0, 0.05) is 24.6 Å². The van der Waals surface area contributed by atoms with Crippen molar-refractivity contribution in [3.63, 3.8) is 0 Å². The van der Waals surface area contributed by atoms with Gasteiger partial charge in [0.05, 0.1) is 0 Å². The van der Waals surface area contributed by atoms with Crippen molar-refractivity contribution in [3.05, 3.63) is 11.8 Å². The first-order valence-electron chi connectivity index (χ1n) is 13.1. The lowest BCUT2D eigenvalue weighted by Gasteiger charge is -2.60. The lowest BCUT2D eigenvalue weighted by molar-refractivity contribution is -0.137. The van der Waals surface area contributed by atoms with Crippen molar-refractivity contribution >= 4 is 5.91 Å². The van der Waals surface area contributed by atoms with Gasteiger partial charge in [0.25, 0.3) is 0 Å². The zero-order chi connectivity index (χ0) is 21.8. The topological polar surface area (TPSA) is 20.3 Å². The van der Waals surface area contributed by atoms with Crippen molar-refractivity contribution < 1.29 is 4.79 Å². The van der Waals surface area contributed by atoms with Gasteiger partial charge in [-0.15, -0.1) is 0 Å². The molecule has 0 aromatic rings. The first-order chi connectivity index (χ1) is 14.1. The molecule has 0 radical (unpaired) electrons. The van der Waals surface area contributed by atoms with Crippen LogP contribution in [-0.2, 0) is 4.79 Å². The monoisotopic (exact) mass is 413 g/mol. The van der Waals surface area contributed by atoms with E-state index in [1.165, 1.54) is 50.6 Å². The first kappa shape index (κ1) is 22.4. The standard InChI is InChI=1S/C28H47NO/c1-18(2)9-8-10-19(3)21-11-12-22-26-20(4)17-24-28(6,16-14-25(30)29(24)7)23(26)13-15-27(21,22)5/h17-23,26H,8-16H2,1-7H3/t19?,20?,21?,22?,23?,26?,27-,28-/m1/s1. The van der Waals surface area contributed by atoms with Crippen LogP contribution >= 0.6 is 0 Å². The number of nitrogens with zero attached hydrogens (tertiary/aromatic N) is 1.